The SMILES string of the molecule is CNC(CC1=CC(O)(C(C)=O)C(O)(C(C)=O)C=C1)C(=O)O. The average Bonchev–Trinajstić information content (AvgIpc) is 2.39. The summed E-state index contributed by atoms with van der Waals surface area (Å²) in [6, 6.07) is -0.916. The average molecular weight is 297 g/mol. The van der Waals surface area contributed by atoms with Gasteiger partial charge in [-0.3, -0.25) is 14.4 Å². The molecular weight excluding hydrogens is 278 g/mol. The number of hydrogen-bond acceptors (Lipinski definition) is 6. The van der Waals surface area contributed by atoms with Crippen LogP contribution in [-0.4, -0.2) is 57.1 Å². The van der Waals surface area contributed by atoms with Crippen molar-refractivity contribution in [2.45, 2.75) is 37.5 Å². The topological polar surface area (TPSA) is 124 Å². The smallest absolute Gasteiger partial charge is 0.321 e. The zero-order valence-corrected chi connectivity index (χ0v) is 12.1. The van der Waals surface area contributed by atoms with Gasteiger partial charge in [-0.25, -0.2) is 0 Å². The first-order valence-electron chi connectivity index (χ1n) is 6.36. The van der Waals surface area contributed by atoms with Gasteiger partial charge in [0.05, 0.1) is 0 Å². The molecule has 1 aliphatic rings. The predicted molar refractivity (Wildman–Crippen MR) is 73.6 cm³/mol. The Balaban J connectivity index is 3.22. The number of nitrogens with one attached hydrogen (secondary N) is 1. The Labute approximate surface area is 122 Å². The minimum atomic E-state index is -2.40. The molecule has 0 heterocycles. The third-order valence-electron chi connectivity index (χ3n) is 3.67. The van der Waals surface area contributed by atoms with Gasteiger partial charge in [0.2, 0.25) is 0 Å². The first-order valence-corrected chi connectivity index (χ1v) is 6.36. The zero-order chi connectivity index (χ0) is 16.4. The number of Topliss-reactive ketones (excluding diaryl/α,β-unsaturated/α-hetero) is 2. The van der Waals surface area contributed by atoms with E-state index in [4.69, 9.17) is 5.11 Å². The maximum absolute atomic E-state index is 11.7. The molecule has 0 aromatic carbocycles. The van der Waals surface area contributed by atoms with Crippen LogP contribution in [0.3, 0.4) is 0 Å². The highest BCUT2D eigenvalue weighted by Crippen LogP contribution is 2.34. The largest absolute Gasteiger partial charge is 0.480 e. The maximum Gasteiger partial charge on any atom is 0.321 e. The highest BCUT2D eigenvalue weighted by atomic mass is 16.4. The van der Waals surface area contributed by atoms with Crippen molar-refractivity contribution in [3.63, 3.8) is 0 Å². The van der Waals surface area contributed by atoms with Crippen LogP contribution in [0.5, 0.6) is 0 Å². The molecule has 4 N–H and O–H groups in total. The number of carbonyl (C=O) groups excluding carboxylic acids is 2. The number of hydrogen-bond donors (Lipinski definition) is 4. The summed E-state index contributed by atoms with van der Waals surface area (Å²) in [5.41, 5.74) is -4.42. The molecular formula is C14H19NO6. The second-order valence-corrected chi connectivity index (χ2v) is 5.08. The van der Waals surface area contributed by atoms with Gasteiger partial charge in [0, 0.05) is 0 Å². The number of carboxylic acid groups (broad SMARTS) is 1. The van der Waals surface area contributed by atoms with Crippen LogP contribution in [0, 0.1) is 0 Å². The van der Waals surface area contributed by atoms with Gasteiger partial charge in [-0.2, -0.15) is 0 Å². The second-order valence-electron chi connectivity index (χ2n) is 5.08. The number of rotatable bonds is 6. The molecule has 1 rings (SSSR count). The van der Waals surface area contributed by atoms with Gasteiger partial charge in [0.25, 0.3) is 0 Å². The summed E-state index contributed by atoms with van der Waals surface area (Å²) in [6.07, 6.45) is 3.41. The van der Waals surface area contributed by atoms with E-state index in [-0.39, 0.29) is 6.42 Å². The lowest BCUT2D eigenvalue weighted by Gasteiger charge is -2.38. The number of carbonyl (C=O) groups is 3. The Morgan fingerprint density at radius 2 is 1.71 bits per heavy atom. The Bertz CT molecular complexity index is 538. The highest BCUT2D eigenvalue weighted by molar-refractivity contribution is 6.01. The molecule has 7 heteroatoms. The molecule has 7 nitrogen and oxygen atoms in total. The molecule has 21 heavy (non-hydrogen) atoms. The number of likely N-dealkylation sites (N-methyl/N-ethyl adjacent to an activating group) is 1. The van der Waals surface area contributed by atoms with E-state index in [1.807, 2.05) is 0 Å². The Morgan fingerprint density at radius 1 is 1.19 bits per heavy atom. The summed E-state index contributed by atoms with van der Waals surface area (Å²) < 4.78 is 0. The Hall–Kier alpha value is -1.83. The fourth-order valence-corrected chi connectivity index (χ4v) is 2.21. The maximum atomic E-state index is 11.7. The number of carboxylic acids is 1. The number of aliphatic carboxylic acids is 1. The standard InChI is InChI=1S/C14H19NO6/c1-8(16)13(20)5-4-10(6-11(15-3)12(18)19)7-14(13,21)9(2)17/h4-5,7,11,15,20-21H,6H2,1-3H3,(H,18,19). The molecule has 3 unspecified atom stereocenters. The number of allylic oxidation sites excluding steroid dienone is 1. The summed E-state index contributed by atoms with van der Waals surface area (Å²) in [5, 5.41) is 32.3. The first kappa shape index (κ1) is 17.2. The van der Waals surface area contributed by atoms with Crippen molar-refractivity contribution >= 4 is 17.5 Å². The van der Waals surface area contributed by atoms with E-state index in [0.717, 1.165) is 26.0 Å². The molecule has 0 bridgehead atoms. The van der Waals surface area contributed by atoms with Gasteiger partial charge >= 0.3 is 5.97 Å². The third-order valence-corrected chi connectivity index (χ3v) is 3.67. The molecule has 0 radical (unpaired) electrons. The van der Waals surface area contributed by atoms with Crippen molar-refractivity contribution in [2.24, 2.45) is 0 Å². The molecule has 0 spiro atoms. The number of aliphatic hydroxyl groups is 2. The molecule has 0 amide bonds. The Kier molecular flexibility index (Phi) is 4.83. The van der Waals surface area contributed by atoms with E-state index < -0.39 is 34.8 Å². The van der Waals surface area contributed by atoms with E-state index in [1.54, 1.807) is 0 Å². The van der Waals surface area contributed by atoms with Gasteiger partial charge in [-0.1, -0.05) is 6.08 Å². The summed E-state index contributed by atoms with van der Waals surface area (Å²) in [6.45, 7) is 2.11. The van der Waals surface area contributed by atoms with E-state index in [9.17, 15) is 24.6 Å². The van der Waals surface area contributed by atoms with Crippen LogP contribution >= 0.6 is 0 Å². The summed E-state index contributed by atoms with van der Waals surface area (Å²) in [7, 11) is 1.47. The molecule has 0 saturated heterocycles. The monoisotopic (exact) mass is 297 g/mol. The van der Waals surface area contributed by atoms with Crippen LogP contribution in [0.4, 0.5) is 0 Å². The van der Waals surface area contributed by atoms with Crippen LogP contribution in [0.1, 0.15) is 20.3 Å². The van der Waals surface area contributed by atoms with E-state index in [1.165, 1.54) is 13.1 Å². The molecule has 0 fully saturated rings. The fourth-order valence-electron chi connectivity index (χ4n) is 2.21. The van der Waals surface area contributed by atoms with E-state index in [2.05, 4.69) is 5.32 Å². The number of ketones is 2. The van der Waals surface area contributed by atoms with Crippen LogP contribution in [-0.2, 0) is 14.4 Å². The lowest BCUT2D eigenvalue weighted by molar-refractivity contribution is -0.162. The molecule has 0 aliphatic heterocycles. The molecule has 0 saturated carbocycles. The predicted octanol–water partition coefficient (Wildman–Crippen LogP) is -0.815. The van der Waals surface area contributed by atoms with Gasteiger partial charge < -0.3 is 20.6 Å². The van der Waals surface area contributed by atoms with E-state index >= 15 is 0 Å². The van der Waals surface area contributed by atoms with Crippen LogP contribution in [0.25, 0.3) is 0 Å². The molecule has 0 aromatic heterocycles. The molecule has 116 valence electrons. The molecule has 1 aliphatic carbocycles. The third kappa shape index (κ3) is 2.94. The van der Waals surface area contributed by atoms with Crippen molar-refractivity contribution in [2.75, 3.05) is 7.05 Å². The van der Waals surface area contributed by atoms with Crippen LogP contribution in [0.2, 0.25) is 0 Å². The quantitative estimate of drug-likeness (QED) is 0.505. The zero-order valence-electron chi connectivity index (χ0n) is 12.1. The van der Waals surface area contributed by atoms with Gasteiger partial charge in [-0.05, 0) is 45.0 Å². The Morgan fingerprint density at radius 3 is 2.10 bits per heavy atom. The lowest BCUT2D eigenvalue weighted by Crippen LogP contribution is -2.61. The second kappa shape index (κ2) is 5.88. The highest BCUT2D eigenvalue weighted by Gasteiger charge is 2.54. The van der Waals surface area contributed by atoms with E-state index in [0.29, 0.717) is 5.57 Å². The van der Waals surface area contributed by atoms with Gasteiger partial charge in [0.15, 0.2) is 22.8 Å². The van der Waals surface area contributed by atoms with Crippen molar-refractivity contribution in [3.8, 4) is 0 Å². The molecule has 0 aromatic rings. The summed E-state index contributed by atoms with van der Waals surface area (Å²) >= 11 is 0. The summed E-state index contributed by atoms with van der Waals surface area (Å²) in [5.74, 6) is -2.68. The first-order chi connectivity index (χ1) is 9.58. The fraction of sp³-hybridized carbons (Fsp3) is 0.500. The van der Waals surface area contributed by atoms with Gasteiger partial charge in [-0.15, -0.1) is 0 Å². The normalized spacial score (nSPS) is 29.7. The van der Waals surface area contributed by atoms with Gasteiger partial charge in [0.1, 0.15) is 6.04 Å². The minimum absolute atomic E-state index is 0.00803. The molecule has 3 atom stereocenters. The van der Waals surface area contributed by atoms with Crippen LogP contribution in [0.15, 0.2) is 23.8 Å². The van der Waals surface area contributed by atoms with Crippen molar-refractivity contribution in [1.82, 2.24) is 5.32 Å². The summed E-state index contributed by atoms with van der Waals surface area (Å²) in [4.78, 5) is 34.3. The van der Waals surface area contributed by atoms with Crippen molar-refractivity contribution < 1.29 is 29.7 Å². The van der Waals surface area contributed by atoms with Crippen LogP contribution < -0.4 is 5.32 Å². The van der Waals surface area contributed by atoms with Crippen molar-refractivity contribution in [1.29, 1.82) is 0 Å². The minimum Gasteiger partial charge on any atom is -0.480 e. The lowest BCUT2D eigenvalue weighted by atomic mass is 9.72. The van der Waals surface area contributed by atoms with Crippen molar-refractivity contribution in [3.05, 3.63) is 23.8 Å².